The summed E-state index contributed by atoms with van der Waals surface area (Å²) in [5.41, 5.74) is 8.56. The van der Waals surface area contributed by atoms with E-state index in [2.05, 4.69) is 22.3 Å². The van der Waals surface area contributed by atoms with Crippen LogP contribution < -0.4 is 11.1 Å². The molecule has 0 aliphatic carbocycles. The number of rotatable bonds is 6. The molecule has 0 bridgehead atoms. The molecule has 1 aliphatic heterocycles. The molecule has 0 saturated carbocycles. The Hall–Kier alpha value is -2.24. The van der Waals surface area contributed by atoms with E-state index in [9.17, 15) is 9.18 Å². The van der Waals surface area contributed by atoms with E-state index < -0.39 is 0 Å². The molecule has 3 N–H and O–H groups in total. The van der Waals surface area contributed by atoms with E-state index >= 15 is 0 Å². The molecule has 5 heteroatoms. The lowest BCUT2D eigenvalue weighted by Gasteiger charge is -2.23. The smallest absolute Gasteiger partial charge is 0.237 e. The third-order valence-electron chi connectivity index (χ3n) is 5.17. The molecule has 1 saturated heterocycles. The van der Waals surface area contributed by atoms with Crippen molar-refractivity contribution in [1.82, 2.24) is 10.2 Å². The Morgan fingerprint density at radius 2 is 1.88 bits per heavy atom. The van der Waals surface area contributed by atoms with Gasteiger partial charge in [-0.25, -0.2) is 4.39 Å². The van der Waals surface area contributed by atoms with Crippen molar-refractivity contribution in [3.8, 4) is 0 Å². The molecule has 3 rings (SSSR count). The van der Waals surface area contributed by atoms with E-state index in [0.29, 0.717) is 19.5 Å². The molecule has 1 amide bonds. The molecule has 4 nitrogen and oxygen atoms in total. The highest BCUT2D eigenvalue weighted by atomic mass is 19.1. The van der Waals surface area contributed by atoms with E-state index in [1.165, 1.54) is 17.7 Å². The number of carbonyl (C=O) groups is 1. The summed E-state index contributed by atoms with van der Waals surface area (Å²) >= 11 is 0. The minimum Gasteiger partial charge on any atom is -0.354 e. The van der Waals surface area contributed by atoms with Crippen LogP contribution in [0.25, 0.3) is 0 Å². The van der Waals surface area contributed by atoms with Crippen LogP contribution in [0.2, 0.25) is 0 Å². The van der Waals surface area contributed by atoms with E-state index in [0.717, 1.165) is 12.1 Å². The minimum absolute atomic E-state index is 0.00743. The highest BCUT2D eigenvalue weighted by Gasteiger charge is 2.35. The Morgan fingerprint density at radius 1 is 1.19 bits per heavy atom. The maximum atomic E-state index is 12.9. The third kappa shape index (κ3) is 4.48. The van der Waals surface area contributed by atoms with Crippen LogP contribution in [0.1, 0.15) is 24.0 Å². The van der Waals surface area contributed by atoms with Crippen LogP contribution in [0.4, 0.5) is 4.39 Å². The van der Waals surface area contributed by atoms with Gasteiger partial charge in [0.15, 0.2) is 0 Å². The predicted octanol–water partition coefficient (Wildman–Crippen LogP) is 2.30. The summed E-state index contributed by atoms with van der Waals surface area (Å²) in [6.45, 7) is 3.97. The lowest BCUT2D eigenvalue weighted by Crippen LogP contribution is -2.45. The Balaban J connectivity index is 1.50. The van der Waals surface area contributed by atoms with Gasteiger partial charge in [0.25, 0.3) is 0 Å². The highest BCUT2D eigenvalue weighted by molar-refractivity contribution is 5.81. The highest BCUT2D eigenvalue weighted by Crippen LogP contribution is 2.27. The minimum atomic E-state index is -0.246. The van der Waals surface area contributed by atoms with Gasteiger partial charge in [-0.2, -0.15) is 0 Å². The fourth-order valence-corrected chi connectivity index (χ4v) is 3.52. The van der Waals surface area contributed by atoms with Gasteiger partial charge < -0.3 is 11.1 Å². The van der Waals surface area contributed by atoms with Crippen LogP contribution in [0.5, 0.6) is 0 Å². The van der Waals surface area contributed by atoms with E-state index in [4.69, 9.17) is 5.73 Å². The molecular weight excluding hydrogens is 329 g/mol. The first kappa shape index (κ1) is 18.5. The average Bonchev–Trinajstić information content (AvgIpc) is 3.05. The molecule has 2 aromatic rings. The molecule has 26 heavy (non-hydrogen) atoms. The SMILES string of the molecule is CC(C(=O)NCCc1ccc(F)cc1)N1C[C@@H](N)[C@H](c2ccccc2)C1. The second kappa shape index (κ2) is 8.43. The number of hydrogen-bond donors (Lipinski definition) is 2. The van der Waals surface area contributed by atoms with Crippen LogP contribution in [-0.4, -0.2) is 42.5 Å². The van der Waals surface area contributed by atoms with Crippen LogP contribution >= 0.6 is 0 Å². The first-order chi connectivity index (χ1) is 12.5. The van der Waals surface area contributed by atoms with Gasteiger partial charge in [0.2, 0.25) is 5.91 Å². The fraction of sp³-hybridized carbons (Fsp3) is 0.381. The molecule has 0 aromatic heterocycles. The lowest BCUT2D eigenvalue weighted by atomic mass is 9.95. The van der Waals surface area contributed by atoms with Crippen molar-refractivity contribution in [1.29, 1.82) is 0 Å². The Kier molecular flexibility index (Phi) is 6.01. The van der Waals surface area contributed by atoms with E-state index in [1.54, 1.807) is 12.1 Å². The van der Waals surface area contributed by atoms with Gasteiger partial charge in [-0.1, -0.05) is 42.5 Å². The van der Waals surface area contributed by atoms with Gasteiger partial charge in [-0.05, 0) is 36.6 Å². The summed E-state index contributed by atoms with van der Waals surface area (Å²) in [7, 11) is 0. The summed E-state index contributed by atoms with van der Waals surface area (Å²) < 4.78 is 12.9. The van der Waals surface area contributed by atoms with Crippen molar-refractivity contribution >= 4 is 5.91 Å². The second-order valence-electron chi connectivity index (χ2n) is 6.98. The van der Waals surface area contributed by atoms with Gasteiger partial charge in [0.05, 0.1) is 6.04 Å². The number of amides is 1. The van der Waals surface area contributed by atoms with Gasteiger partial charge in [0, 0.05) is 31.6 Å². The first-order valence-corrected chi connectivity index (χ1v) is 9.11. The molecule has 0 spiro atoms. The number of likely N-dealkylation sites (tertiary alicyclic amines) is 1. The summed E-state index contributed by atoms with van der Waals surface area (Å²) in [5.74, 6) is 0.0171. The number of nitrogens with two attached hydrogens (primary N) is 1. The molecule has 1 aliphatic rings. The number of nitrogens with zero attached hydrogens (tertiary/aromatic N) is 1. The number of benzene rings is 2. The van der Waals surface area contributed by atoms with Crippen LogP contribution in [0.15, 0.2) is 54.6 Å². The number of hydrogen-bond acceptors (Lipinski definition) is 3. The van der Waals surface area contributed by atoms with Crippen molar-refractivity contribution in [2.24, 2.45) is 5.73 Å². The lowest BCUT2D eigenvalue weighted by molar-refractivity contribution is -0.125. The molecule has 1 fully saturated rings. The van der Waals surface area contributed by atoms with Gasteiger partial charge >= 0.3 is 0 Å². The monoisotopic (exact) mass is 355 g/mol. The maximum absolute atomic E-state index is 12.9. The number of nitrogens with one attached hydrogen (secondary N) is 1. The molecule has 1 heterocycles. The van der Waals surface area contributed by atoms with Crippen molar-refractivity contribution in [2.45, 2.75) is 31.3 Å². The topological polar surface area (TPSA) is 58.4 Å². The summed E-state index contributed by atoms with van der Waals surface area (Å²) in [4.78, 5) is 14.6. The molecule has 2 aromatic carbocycles. The van der Waals surface area contributed by atoms with Gasteiger partial charge in [-0.3, -0.25) is 9.69 Å². The van der Waals surface area contributed by atoms with Crippen molar-refractivity contribution < 1.29 is 9.18 Å². The van der Waals surface area contributed by atoms with Crippen molar-refractivity contribution in [3.63, 3.8) is 0 Å². The summed E-state index contributed by atoms with van der Waals surface area (Å²) in [6, 6.07) is 16.4. The third-order valence-corrected chi connectivity index (χ3v) is 5.17. The van der Waals surface area contributed by atoms with Gasteiger partial charge in [0.1, 0.15) is 5.82 Å². The van der Waals surface area contributed by atoms with Gasteiger partial charge in [-0.15, -0.1) is 0 Å². The normalized spacial score (nSPS) is 21.5. The average molecular weight is 355 g/mol. The zero-order valence-corrected chi connectivity index (χ0v) is 15.1. The Labute approximate surface area is 154 Å². The zero-order chi connectivity index (χ0) is 18.5. The van der Waals surface area contributed by atoms with Crippen LogP contribution in [-0.2, 0) is 11.2 Å². The second-order valence-corrected chi connectivity index (χ2v) is 6.98. The molecule has 3 atom stereocenters. The predicted molar refractivity (Wildman–Crippen MR) is 101 cm³/mol. The maximum Gasteiger partial charge on any atom is 0.237 e. The largest absolute Gasteiger partial charge is 0.354 e. The van der Waals surface area contributed by atoms with Crippen molar-refractivity contribution in [3.05, 3.63) is 71.5 Å². The van der Waals surface area contributed by atoms with Crippen LogP contribution in [0.3, 0.4) is 0 Å². The quantitative estimate of drug-likeness (QED) is 0.836. The molecular formula is C21H26FN3O. The fourth-order valence-electron chi connectivity index (χ4n) is 3.52. The number of carbonyl (C=O) groups excluding carboxylic acids is 1. The Bertz CT molecular complexity index is 720. The molecule has 1 unspecified atom stereocenters. The van der Waals surface area contributed by atoms with E-state index in [-0.39, 0.29) is 29.7 Å². The number of halogens is 1. The van der Waals surface area contributed by atoms with Crippen LogP contribution in [0, 0.1) is 5.82 Å². The standard InChI is InChI=1S/C21H26FN3O/c1-15(21(26)24-12-11-16-7-9-18(22)10-8-16)25-13-19(20(23)14-25)17-5-3-2-4-6-17/h2-10,15,19-20H,11-14,23H2,1H3,(H,24,26)/t15?,19-,20+/m0/s1. The first-order valence-electron chi connectivity index (χ1n) is 9.11. The molecule has 138 valence electrons. The summed E-state index contributed by atoms with van der Waals surface area (Å²) in [6.07, 6.45) is 0.685. The Morgan fingerprint density at radius 3 is 2.58 bits per heavy atom. The zero-order valence-electron chi connectivity index (χ0n) is 15.1. The summed E-state index contributed by atoms with van der Waals surface area (Å²) in [5, 5.41) is 2.98. The van der Waals surface area contributed by atoms with Crippen molar-refractivity contribution in [2.75, 3.05) is 19.6 Å². The molecule has 0 radical (unpaired) electrons. The van der Waals surface area contributed by atoms with E-state index in [1.807, 2.05) is 25.1 Å².